The highest BCUT2D eigenvalue weighted by atomic mass is 16.5. The predicted octanol–water partition coefficient (Wildman–Crippen LogP) is 4.03. The molecule has 106 valence electrons. The Morgan fingerprint density at radius 2 is 1.62 bits per heavy atom. The summed E-state index contributed by atoms with van der Waals surface area (Å²) in [6.07, 6.45) is 1.65. The quantitative estimate of drug-likeness (QED) is 0.724. The van der Waals surface area contributed by atoms with Gasteiger partial charge >= 0.3 is 0 Å². The normalized spacial score (nSPS) is 10.4. The van der Waals surface area contributed by atoms with Crippen LogP contribution in [0.5, 0.6) is 11.5 Å². The molecule has 0 amide bonds. The third-order valence-corrected chi connectivity index (χ3v) is 3.20. The largest absolute Gasteiger partial charge is 0.493 e. The molecule has 0 saturated heterocycles. The van der Waals surface area contributed by atoms with Gasteiger partial charge in [0.2, 0.25) is 5.89 Å². The molecule has 0 atom stereocenters. The van der Waals surface area contributed by atoms with Gasteiger partial charge in [-0.25, -0.2) is 4.98 Å². The highest BCUT2D eigenvalue weighted by Gasteiger charge is 2.11. The van der Waals surface area contributed by atoms with E-state index in [9.17, 15) is 0 Å². The van der Waals surface area contributed by atoms with Crippen LogP contribution in [0.1, 0.15) is 0 Å². The molecule has 3 rings (SSSR count). The number of hydrogen-bond donors (Lipinski definition) is 0. The van der Waals surface area contributed by atoms with Crippen molar-refractivity contribution in [2.75, 3.05) is 14.2 Å². The van der Waals surface area contributed by atoms with E-state index in [-0.39, 0.29) is 0 Å². The van der Waals surface area contributed by atoms with Crippen LogP contribution in [-0.2, 0) is 0 Å². The summed E-state index contributed by atoms with van der Waals surface area (Å²) in [6.45, 7) is 0. The summed E-state index contributed by atoms with van der Waals surface area (Å²) in [5.41, 5.74) is 2.67. The zero-order valence-corrected chi connectivity index (χ0v) is 11.9. The Kier molecular flexibility index (Phi) is 3.60. The molecule has 21 heavy (non-hydrogen) atoms. The van der Waals surface area contributed by atoms with Crippen LogP contribution < -0.4 is 9.47 Å². The minimum Gasteiger partial charge on any atom is -0.493 e. The summed E-state index contributed by atoms with van der Waals surface area (Å²) >= 11 is 0. The fourth-order valence-electron chi connectivity index (χ4n) is 2.12. The van der Waals surface area contributed by atoms with E-state index in [4.69, 9.17) is 13.9 Å². The maximum absolute atomic E-state index is 5.57. The van der Waals surface area contributed by atoms with E-state index in [1.165, 1.54) is 0 Å². The van der Waals surface area contributed by atoms with Crippen molar-refractivity contribution < 1.29 is 13.9 Å². The summed E-state index contributed by atoms with van der Waals surface area (Å²) in [5.74, 6) is 1.88. The van der Waals surface area contributed by atoms with Gasteiger partial charge in [0, 0.05) is 11.1 Å². The summed E-state index contributed by atoms with van der Waals surface area (Å²) in [7, 11) is 3.21. The molecule has 0 unspecified atom stereocenters. The van der Waals surface area contributed by atoms with E-state index in [1.54, 1.807) is 20.5 Å². The minimum atomic E-state index is 0.551. The van der Waals surface area contributed by atoms with Crippen LogP contribution in [0.3, 0.4) is 0 Å². The van der Waals surface area contributed by atoms with Gasteiger partial charge in [-0.2, -0.15) is 0 Å². The lowest BCUT2D eigenvalue weighted by atomic mass is 10.2. The molecule has 0 saturated carbocycles. The first-order valence-corrected chi connectivity index (χ1v) is 6.55. The standard InChI is InChI=1S/C17H15NO3/c1-19-15-9-8-13(10-16(15)20-2)17-18-14(11-21-17)12-6-4-3-5-7-12/h3-11H,1-2H3. The lowest BCUT2D eigenvalue weighted by Gasteiger charge is -2.07. The second-order valence-electron chi connectivity index (χ2n) is 4.47. The number of hydrogen-bond acceptors (Lipinski definition) is 4. The number of oxazole rings is 1. The first kappa shape index (κ1) is 13.2. The van der Waals surface area contributed by atoms with Gasteiger partial charge < -0.3 is 13.9 Å². The molecule has 4 nitrogen and oxygen atoms in total. The van der Waals surface area contributed by atoms with Crippen LogP contribution in [0.2, 0.25) is 0 Å². The lowest BCUT2D eigenvalue weighted by Crippen LogP contribution is -1.90. The molecule has 0 spiro atoms. The molecule has 0 bridgehead atoms. The van der Waals surface area contributed by atoms with Gasteiger partial charge in [0.25, 0.3) is 0 Å². The van der Waals surface area contributed by atoms with E-state index in [1.807, 2.05) is 48.5 Å². The highest BCUT2D eigenvalue weighted by Crippen LogP contribution is 2.32. The van der Waals surface area contributed by atoms with Crippen molar-refractivity contribution in [2.24, 2.45) is 0 Å². The first-order valence-electron chi connectivity index (χ1n) is 6.55. The zero-order chi connectivity index (χ0) is 14.7. The monoisotopic (exact) mass is 281 g/mol. The minimum absolute atomic E-state index is 0.551. The molecular weight excluding hydrogens is 266 g/mol. The van der Waals surface area contributed by atoms with Crippen molar-refractivity contribution in [3.8, 4) is 34.2 Å². The molecule has 0 N–H and O–H groups in total. The van der Waals surface area contributed by atoms with E-state index in [0.29, 0.717) is 17.4 Å². The number of nitrogens with zero attached hydrogens (tertiary/aromatic N) is 1. The fraction of sp³-hybridized carbons (Fsp3) is 0.118. The van der Waals surface area contributed by atoms with Gasteiger partial charge in [-0.15, -0.1) is 0 Å². The Bertz CT molecular complexity index is 735. The molecule has 0 radical (unpaired) electrons. The Morgan fingerprint density at radius 1 is 0.857 bits per heavy atom. The molecule has 0 aliphatic carbocycles. The molecule has 3 aromatic rings. The average Bonchev–Trinajstić information content (AvgIpc) is 3.05. The number of aromatic nitrogens is 1. The summed E-state index contributed by atoms with van der Waals surface area (Å²) in [4.78, 5) is 4.52. The molecule has 2 aromatic carbocycles. The SMILES string of the molecule is COc1ccc(-c2nc(-c3ccccc3)co2)cc1OC. The van der Waals surface area contributed by atoms with Crippen LogP contribution in [0, 0.1) is 0 Å². The number of rotatable bonds is 4. The Labute approximate surface area is 123 Å². The average molecular weight is 281 g/mol. The van der Waals surface area contributed by atoms with E-state index >= 15 is 0 Å². The molecule has 0 aliphatic heterocycles. The van der Waals surface area contributed by atoms with E-state index in [0.717, 1.165) is 16.8 Å². The number of ether oxygens (including phenoxy) is 2. The second kappa shape index (κ2) is 5.71. The Hall–Kier alpha value is -2.75. The lowest BCUT2D eigenvalue weighted by molar-refractivity contribution is 0.355. The Morgan fingerprint density at radius 3 is 2.33 bits per heavy atom. The van der Waals surface area contributed by atoms with Crippen LogP contribution >= 0.6 is 0 Å². The topological polar surface area (TPSA) is 44.5 Å². The summed E-state index contributed by atoms with van der Waals surface area (Å²) < 4.78 is 16.1. The second-order valence-corrected chi connectivity index (χ2v) is 4.47. The van der Waals surface area contributed by atoms with Gasteiger partial charge in [0.15, 0.2) is 11.5 Å². The van der Waals surface area contributed by atoms with Gasteiger partial charge in [0.1, 0.15) is 12.0 Å². The molecule has 4 heteroatoms. The van der Waals surface area contributed by atoms with Crippen molar-refractivity contribution >= 4 is 0 Å². The van der Waals surface area contributed by atoms with Crippen molar-refractivity contribution in [3.63, 3.8) is 0 Å². The van der Waals surface area contributed by atoms with Crippen LogP contribution in [0.15, 0.2) is 59.2 Å². The van der Waals surface area contributed by atoms with Gasteiger partial charge in [-0.1, -0.05) is 30.3 Å². The summed E-state index contributed by atoms with van der Waals surface area (Å²) in [5, 5.41) is 0. The molecule has 0 fully saturated rings. The molecular formula is C17H15NO3. The van der Waals surface area contributed by atoms with Crippen molar-refractivity contribution in [1.82, 2.24) is 4.98 Å². The zero-order valence-electron chi connectivity index (χ0n) is 11.9. The van der Waals surface area contributed by atoms with Crippen LogP contribution in [-0.4, -0.2) is 19.2 Å². The van der Waals surface area contributed by atoms with Gasteiger partial charge in [0.05, 0.1) is 14.2 Å². The summed E-state index contributed by atoms with van der Waals surface area (Å²) in [6, 6.07) is 15.5. The van der Waals surface area contributed by atoms with Crippen LogP contribution in [0.25, 0.3) is 22.7 Å². The van der Waals surface area contributed by atoms with Gasteiger partial charge in [-0.3, -0.25) is 0 Å². The van der Waals surface area contributed by atoms with Crippen molar-refractivity contribution in [2.45, 2.75) is 0 Å². The maximum Gasteiger partial charge on any atom is 0.226 e. The third-order valence-electron chi connectivity index (χ3n) is 3.20. The molecule has 1 heterocycles. The smallest absolute Gasteiger partial charge is 0.226 e. The molecule has 0 aliphatic rings. The van der Waals surface area contributed by atoms with Crippen molar-refractivity contribution in [1.29, 1.82) is 0 Å². The van der Waals surface area contributed by atoms with Crippen molar-refractivity contribution in [3.05, 3.63) is 54.8 Å². The number of methoxy groups -OCH3 is 2. The van der Waals surface area contributed by atoms with E-state index < -0.39 is 0 Å². The number of benzene rings is 2. The van der Waals surface area contributed by atoms with Crippen LogP contribution in [0.4, 0.5) is 0 Å². The van der Waals surface area contributed by atoms with Gasteiger partial charge in [-0.05, 0) is 18.2 Å². The predicted molar refractivity (Wildman–Crippen MR) is 80.5 cm³/mol. The molecule has 1 aromatic heterocycles. The Balaban J connectivity index is 1.97. The highest BCUT2D eigenvalue weighted by molar-refractivity contribution is 5.64. The fourth-order valence-corrected chi connectivity index (χ4v) is 2.12. The maximum atomic E-state index is 5.57. The first-order chi connectivity index (χ1) is 10.3. The third kappa shape index (κ3) is 2.60. The van der Waals surface area contributed by atoms with E-state index in [2.05, 4.69) is 4.98 Å².